The summed E-state index contributed by atoms with van der Waals surface area (Å²) >= 11 is 0. The standard InChI is InChI=1S/C15H21NO4/c1-15(18-2)4-3-5-16(9-15)8-11-6-13-14(7-12(11)17)20-10-19-13/h6-7,17H,3-5,8-10H2,1-2H3. The van der Waals surface area contributed by atoms with Gasteiger partial charge in [0.15, 0.2) is 11.5 Å². The van der Waals surface area contributed by atoms with Gasteiger partial charge in [0, 0.05) is 31.8 Å². The molecular weight excluding hydrogens is 258 g/mol. The monoisotopic (exact) mass is 279 g/mol. The van der Waals surface area contributed by atoms with Crippen LogP contribution in [-0.2, 0) is 11.3 Å². The topological polar surface area (TPSA) is 51.2 Å². The number of phenolic OH excluding ortho intramolecular Hbond substituents is 1. The fourth-order valence-electron chi connectivity index (χ4n) is 2.95. The van der Waals surface area contributed by atoms with E-state index in [9.17, 15) is 5.11 Å². The number of benzene rings is 1. The number of hydrogen-bond donors (Lipinski definition) is 1. The van der Waals surface area contributed by atoms with Gasteiger partial charge in [-0.2, -0.15) is 0 Å². The summed E-state index contributed by atoms with van der Waals surface area (Å²) in [6.45, 7) is 4.95. The molecule has 0 bridgehead atoms. The molecule has 2 aliphatic rings. The Labute approximate surface area is 119 Å². The molecule has 1 atom stereocenters. The smallest absolute Gasteiger partial charge is 0.231 e. The number of phenols is 1. The zero-order valence-corrected chi connectivity index (χ0v) is 12.0. The van der Waals surface area contributed by atoms with Gasteiger partial charge in [0.2, 0.25) is 6.79 Å². The number of piperidine rings is 1. The second-order valence-electron chi connectivity index (χ2n) is 5.80. The lowest BCUT2D eigenvalue weighted by molar-refractivity contribution is -0.0528. The van der Waals surface area contributed by atoms with Crippen LogP contribution in [0.2, 0.25) is 0 Å². The molecule has 0 spiro atoms. The lowest BCUT2D eigenvalue weighted by Crippen LogP contribution is -2.46. The Bertz CT molecular complexity index is 505. The third-order valence-electron chi connectivity index (χ3n) is 4.20. The highest BCUT2D eigenvalue weighted by atomic mass is 16.7. The van der Waals surface area contributed by atoms with Crippen molar-refractivity contribution in [3.63, 3.8) is 0 Å². The molecule has 0 saturated carbocycles. The average Bonchev–Trinajstić information content (AvgIpc) is 2.86. The molecule has 1 fully saturated rings. The van der Waals surface area contributed by atoms with E-state index >= 15 is 0 Å². The molecule has 0 aliphatic carbocycles. The summed E-state index contributed by atoms with van der Waals surface area (Å²) < 4.78 is 16.2. The molecule has 2 heterocycles. The van der Waals surface area contributed by atoms with E-state index in [0.717, 1.165) is 31.5 Å². The molecule has 3 rings (SSSR count). The fraction of sp³-hybridized carbons (Fsp3) is 0.600. The van der Waals surface area contributed by atoms with Crippen LogP contribution in [0.25, 0.3) is 0 Å². The number of nitrogens with zero attached hydrogens (tertiary/aromatic N) is 1. The van der Waals surface area contributed by atoms with Crippen molar-refractivity contribution in [3.05, 3.63) is 17.7 Å². The van der Waals surface area contributed by atoms with E-state index in [1.165, 1.54) is 0 Å². The van der Waals surface area contributed by atoms with Gasteiger partial charge in [-0.3, -0.25) is 4.90 Å². The van der Waals surface area contributed by atoms with E-state index in [-0.39, 0.29) is 18.1 Å². The van der Waals surface area contributed by atoms with E-state index in [1.807, 2.05) is 6.07 Å². The number of ether oxygens (including phenoxy) is 3. The maximum atomic E-state index is 10.1. The van der Waals surface area contributed by atoms with Gasteiger partial charge in [-0.1, -0.05) is 0 Å². The molecule has 1 unspecified atom stereocenters. The second-order valence-corrected chi connectivity index (χ2v) is 5.80. The zero-order valence-electron chi connectivity index (χ0n) is 12.0. The van der Waals surface area contributed by atoms with Crippen LogP contribution in [0.15, 0.2) is 12.1 Å². The summed E-state index contributed by atoms with van der Waals surface area (Å²) in [6.07, 6.45) is 2.18. The molecule has 1 aromatic carbocycles. The minimum atomic E-state index is -0.0930. The first kappa shape index (κ1) is 13.5. The predicted molar refractivity (Wildman–Crippen MR) is 74.2 cm³/mol. The van der Waals surface area contributed by atoms with Crippen LogP contribution in [-0.4, -0.2) is 42.6 Å². The van der Waals surface area contributed by atoms with E-state index < -0.39 is 0 Å². The van der Waals surface area contributed by atoms with Crippen molar-refractivity contribution in [2.45, 2.75) is 31.9 Å². The van der Waals surface area contributed by atoms with Crippen molar-refractivity contribution >= 4 is 0 Å². The number of fused-ring (bicyclic) bond motifs is 1. The van der Waals surface area contributed by atoms with Crippen molar-refractivity contribution in [1.29, 1.82) is 0 Å². The van der Waals surface area contributed by atoms with Crippen molar-refractivity contribution in [2.24, 2.45) is 0 Å². The predicted octanol–water partition coefficient (Wildman–Crippen LogP) is 2.12. The minimum absolute atomic E-state index is 0.0930. The molecule has 0 radical (unpaired) electrons. The van der Waals surface area contributed by atoms with Crippen LogP contribution in [0.3, 0.4) is 0 Å². The molecule has 0 amide bonds. The van der Waals surface area contributed by atoms with Gasteiger partial charge in [0.05, 0.1) is 5.60 Å². The molecule has 1 N–H and O–H groups in total. The molecule has 2 aliphatic heterocycles. The van der Waals surface area contributed by atoms with E-state index in [1.54, 1.807) is 13.2 Å². The number of likely N-dealkylation sites (tertiary alicyclic amines) is 1. The van der Waals surface area contributed by atoms with Gasteiger partial charge in [-0.05, 0) is 32.4 Å². The lowest BCUT2D eigenvalue weighted by Gasteiger charge is -2.39. The number of rotatable bonds is 3. The normalized spacial score (nSPS) is 25.9. The van der Waals surface area contributed by atoms with E-state index in [4.69, 9.17) is 14.2 Å². The molecular formula is C15H21NO4. The first-order valence-corrected chi connectivity index (χ1v) is 6.99. The maximum Gasteiger partial charge on any atom is 0.231 e. The first-order chi connectivity index (χ1) is 9.59. The molecule has 5 heteroatoms. The minimum Gasteiger partial charge on any atom is -0.507 e. The summed E-state index contributed by atoms with van der Waals surface area (Å²) in [6, 6.07) is 3.51. The fourth-order valence-corrected chi connectivity index (χ4v) is 2.95. The van der Waals surface area contributed by atoms with Crippen molar-refractivity contribution < 1.29 is 19.3 Å². The Morgan fingerprint density at radius 2 is 2.10 bits per heavy atom. The van der Waals surface area contributed by atoms with Gasteiger partial charge in [0.1, 0.15) is 5.75 Å². The largest absolute Gasteiger partial charge is 0.507 e. The molecule has 110 valence electrons. The summed E-state index contributed by atoms with van der Waals surface area (Å²) in [5.41, 5.74) is 0.777. The molecule has 0 aromatic heterocycles. The Balaban J connectivity index is 1.74. The highest BCUT2D eigenvalue weighted by Gasteiger charge is 2.31. The average molecular weight is 279 g/mol. The van der Waals surface area contributed by atoms with Crippen LogP contribution in [0.4, 0.5) is 0 Å². The molecule has 1 saturated heterocycles. The highest BCUT2D eigenvalue weighted by molar-refractivity contribution is 5.51. The number of aromatic hydroxyl groups is 1. The summed E-state index contributed by atoms with van der Waals surface area (Å²) in [5.74, 6) is 1.59. The van der Waals surface area contributed by atoms with Crippen LogP contribution >= 0.6 is 0 Å². The van der Waals surface area contributed by atoms with Gasteiger partial charge in [-0.25, -0.2) is 0 Å². The van der Waals surface area contributed by atoms with Gasteiger partial charge >= 0.3 is 0 Å². The van der Waals surface area contributed by atoms with Crippen LogP contribution < -0.4 is 9.47 Å². The highest BCUT2D eigenvalue weighted by Crippen LogP contribution is 2.38. The van der Waals surface area contributed by atoms with Crippen molar-refractivity contribution in [1.82, 2.24) is 4.90 Å². The van der Waals surface area contributed by atoms with Crippen LogP contribution in [0.1, 0.15) is 25.3 Å². The molecule has 1 aromatic rings. The third-order valence-corrected chi connectivity index (χ3v) is 4.20. The third kappa shape index (κ3) is 2.55. The quantitative estimate of drug-likeness (QED) is 0.918. The Morgan fingerprint density at radius 3 is 2.85 bits per heavy atom. The van der Waals surface area contributed by atoms with Crippen LogP contribution in [0, 0.1) is 0 Å². The number of methoxy groups -OCH3 is 1. The molecule has 5 nitrogen and oxygen atoms in total. The van der Waals surface area contributed by atoms with E-state index in [2.05, 4.69) is 11.8 Å². The van der Waals surface area contributed by atoms with Crippen molar-refractivity contribution in [3.8, 4) is 17.2 Å². The Kier molecular flexibility index (Phi) is 3.48. The molecule has 20 heavy (non-hydrogen) atoms. The van der Waals surface area contributed by atoms with E-state index in [0.29, 0.717) is 18.0 Å². The van der Waals surface area contributed by atoms with Crippen molar-refractivity contribution in [2.75, 3.05) is 27.0 Å². The zero-order chi connectivity index (χ0) is 14.2. The summed E-state index contributed by atoms with van der Waals surface area (Å²) in [4.78, 5) is 2.31. The maximum absolute atomic E-state index is 10.1. The lowest BCUT2D eigenvalue weighted by atomic mass is 9.94. The van der Waals surface area contributed by atoms with Gasteiger partial charge in [-0.15, -0.1) is 0 Å². The first-order valence-electron chi connectivity index (χ1n) is 6.99. The van der Waals surface area contributed by atoms with Gasteiger partial charge < -0.3 is 19.3 Å². The second kappa shape index (κ2) is 5.14. The number of hydrogen-bond acceptors (Lipinski definition) is 5. The van der Waals surface area contributed by atoms with Gasteiger partial charge in [0.25, 0.3) is 0 Å². The van der Waals surface area contributed by atoms with Crippen LogP contribution in [0.5, 0.6) is 17.2 Å². The summed E-state index contributed by atoms with van der Waals surface area (Å²) in [7, 11) is 1.77. The summed E-state index contributed by atoms with van der Waals surface area (Å²) in [5, 5.41) is 10.1. The Morgan fingerprint density at radius 1 is 1.35 bits per heavy atom. The Hall–Kier alpha value is -1.46. The SMILES string of the molecule is COC1(C)CCCN(Cc2cc3c(cc2O)OCO3)C1.